The topological polar surface area (TPSA) is 174 Å². The van der Waals surface area contributed by atoms with Gasteiger partial charge in [-0.3, -0.25) is 10.1 Å². The summed E-state index contributed by atoms with van der Waals surface area (Å²) in [5.41, 5.74) is 9.20. The quantitative estimate of drug-likeness (QED) is 0.155. The van der Waals surface area contributed by atoms with E-state index in [-0.39, 0.29) is 0 Å². The summed E-state index contributed by atoms with van der Waals surface area (Å²) < 4.78 is 5.45. The van der Waals surface area contributed by atoms with E-state index in [9.17, 15) is 20.4 Å². The molecule has 5 atom stereocenters. The fourth-order valence-corrected chi connectivity index (χ4v) is 3.59. The van der Waals surface area contributed by atoms with E-state index < -0.39 is 37.1 Å². The fourth-order valence-electron chi connectivity index (χ4n) is 3.59. The van der Waals surface area contributed by atoms with Crippen molar-refractivity contribution in [1.29, 1.82) is 0 Å². The average molecular weight is 451 g/mol. The summed E-state index contributed by atoms with van der Waals surface area (Å²) in [6.07, 6.45) is -3.34. The lowest BCUT2D eigenvalue weighted by molar-refractivity contribution is -0.214. The van der Waals surface area contributed by atoms with Crippen LogP contribution in [-0.2, 0) is 4.74 Å². The molecule has 2 heterocycles. The molecule has 1 aromatic heterocycles. The number of hydrazine groups is 1. The SMILES string of the molecule is N/C(=C\N(N)c1cc(C#CC2OC(CO)[C@@H](O)C(O)C2O)c2[nH]ncc2c1)c1ccccc1. The van der Waals surface area contributed by atoms with Crippen LogP contribution in [0.1, 0.15) is 11.1 Å². The Morgan fingerprint density at radius 2 is 1.91 bits per heavy atom. The van der Waals surface area contributed by atoms with Crippen LogP contribution in [0.15, 0.2) is 54.9 Å². The number of hydrogen-bond acceptors (Lipinski definition) is 9. The molecule has 0 bridgehead atoms. The second kappa shape index (κ2) is 9.60. The Kier molecular flexibility index (Phi) is 6.62. The normalized spacial score (nSPS) is 25.5. The standard InChI is InChI=1S/C23H25N5O5/c24-17(13-4-2-1-3-5-13)11-28(25)16-8-14(20-15(9-16)10-26-27-20)6-7-18-21(30)23(32)22(31)19(12-29)33-18/h1-5,8-11,18-19,21-23,29-32H,12,24-25H2,(H,26,27)/b17-11-/t18?,19?,21?,22-,23?/m1/s1. The highest BCUT2D eigenvalue weighted by Crippen LogP contribution is 2.25. The third-order valence-corrected chi connectivity index (χ3v) is 5.46. The first kappa shape index (κ1) is 22.8. The van der Waals surface area contributed by atoms with Gasteiger partial charge in [0, 0.05) is 11.6 Å². The first-order valence-electron chi connectivity index (χ1n) is 10.2. The Labute approximate surface area is 189 Å². The zero-order valence-electron chi connectivity index (χ0n) is 17.5. The molecule has 33 heavy (non-hydrogen) atoms. The number of anilines is 1. The molecule has 9 N–H and O–H groups in total. The van der Waals surface area contributed by atoms with Gasteiger partial charge >= 0.3 is 0 Å². The van der Waals surface area contributed by atoms with Gasteiger partial charge in [0.05, 0.1) is 35.3 Å². The van der Waals surface area contributed by atoms with Crippen molar-refractivity contribution in [3.05, 3.63) is 66.0 Å². The third-order valence-electron chi connectivity index (χ3n) is 5.46. The van der Waals surface area contributed by atoms with Crippen LogP contribution in [0.4, 0.5) is 5.69 Å². The van der Waals surface area contributed by atoms with Crippen LogP contribution in [0, 0.1) is 11.8 Å². The molecule has 1 aliphatic rings. The molecule has 0 saturated carbocycles. The van der Waals surface area contributed by atoms with Gasteiger partial charge in [0.1, 0.15) is 30.5 Å². The van der Waals surface area contributed by atoms with Crippen LogP contribution < -0.4 is 16.6 Å². The number of nitrogens with two attached hydrogens (primary N) is 2. The molecular formula is C23H25N5O5. The Hall–Kier alpha value is -3.43. The number of aliphatic hydroxyl groups excluding tert-OH is 4. The molecule has 1 fully saturated rings. The minimum atomic E-state index is -1.50. The van der Waals surface area contributed by atoms with E-state index in [2.05, 4.69) is 22.0 Å². The summed E-state index contributed by atoms with van der Waals surface area (Å²) in [7, 11) is 0. The average Bonchev–Trinajstić information content (AvgIpc) is 3.31. The Bertz CT molecular complexity index is 1200. The van der Waals surface area contributed by atoms with Gasteiger partial charge in [-0.05, 0) is 17.7 Å². The molecule has 172 valence electrons. The van der Waals surface area contributed by atoms with Gasteiger partial charge in [-0.15, -0.1) is 0 Å². The highest BCUT2D eigenvalue weighted by molar-refractivity contribution is 5.88. The van der Waals surface area contributed by atoms with E-state index >= 15 is 0 Å². The smallest absolute Gasteiger partial charge is 0.147 e. The van der Waals surface area contributed by atoms with Gasteiger partial charge < -0.3 is 30.9 Å². The fraction of sp³-hybridized carbons (Fsp3) is 0.261. The van der Waals surface area contributed by atoms with E-state index in [1.54, 1.807) is 18.5 Å². The predicted octanol–water partition coefficient (Wildman–Crippen LogP) is -0.606. The van der Waals surface area contributed by atoms with Gasteiger partial charge in [0.2, 0.25) is 0 Å². The molecule has 4 unspecified atom stereocenters. The highest BCUT2D eigenvalue weighted by Gasteiger charge is 2.42. The monoisotopic (exact) mass is 451 g/mol. The van der Waals surface area contributed by atoms with Crippen LogP contribution in [0.3, 0.4) is 0 Å². The lowest BCUT2D eigenvalue weighted by atomic mass is 9.95. The molecule has 10 heteroatoms. The summed E-state index contributed by atoms with van der Waals surface area (Å²) >= 11 is 0. The second-order valence-corrected chi connectivity index (χ2v) is 7.70. The molecule has 0 aliphatic carbocycles. The van der Waals surface area contributed by atoms with Crippen molar-refractivity contribution < 1.29 is 25.2 Å². The van der Waals surface area contributed by atoms with Gasteiger partial charge in [-0.25, -0.2) is 5.84 Å². The summed E-state index contributed by atoms with van der Waals surface area (Å²) in [6, 6.07) is 12.9. The summed E-state index contributed by atoms with van der Waals surface area (Å²) in [4.78, 5) is 0. The van der Waals surface area contributed by atoms with Crippen molar-refractivity contribution in [2.24, 2.45) is 11.6 Å². The second-order valence-electron chi connectivity index (χ2n) is 7.70. The Balaban J connectivity index is 1.65. The Morgan fingerprint density at radius 1 is 1.15 bits per heavy atom. The van der Waals surface area contributed by atoms with E-state index in [1.807, 2.05) is 36.4 Å². The summed E-state index contributed by atoms with van der Waals surface area (Å²) in [5, 5.41) is 48.5. The number of benzene rings is 2. The zero-order chi connectivity index (χ0) is 23.5. The molecule has 0 spiro atoms. The van der Waals surface area contributed by atoms with E-state index in [4.69, 9.17) is 16.3 Å². The maximum absolute atomic E-state index is 10.2. The molecule has 4 rings (SSSR count). The van der Waals surface area contributed by atoms with Gasteiger partial charge in [-0.1, -0.05) is 42.2 Å². The predicted molar refractivity (Wildman–Crippen MR) is 122 cm³/mol. The van der Waals surface area contributed by atoms with Crippen LogP contribution in [0.25, 0.3) is 16.6 Å². The van der Waals surface area contributed by atoms with E-state index in [0.29, 0.717) is 22.5 Å². The van der Waals surface area contributed by atoms with Crippen molar-refractivity contribution >= 4 is 22.3 Å². The summed E-state index contributed by atoms with van der Waals surface area (Å²) in [5.74, 6) is 11.9. The number of aromatic nitrogens is 2. The maximum Gasteiger partial charge on any atom is 0.147 e. The van der Waals surface area contributed by atoms with Gasteiger partial charge in [0.25, 0.3) is 0 Å². The van der Waals surface area contributed by atoms with Crippen LogP contribution >= 0.6 is 0 Å². The van der Waals surface area contributed by atoms with Crippen molar-refractivity contribution in [3.63, 3.8) is 0 Å². The molecule has 1 aliphatic heterocycles. The number of rotatable bonds is 4. The number of H-pyrrole nitrogens is 1. The number of ether oxygens (including phenoxy) is 1. The van der Waals surface area contributed by atoms with Crippen LogP contribution in [0.5, 0.6) is 0 Å². The minimum Gasteiger partial charge on any atom is -0.397 e. The minimum absolute atomic E-state index is 0.472. The number of aromatic amines is 1. The highest BCUT2D eigenvalue weighted by atomic mass is 16.5. The molecular weight excluding hydrogens is 426 g/mol. The van der Waals surface area contributed by atoms with Crippen molar-refractivity contribution in [3.8, 4) is 11.8 Å². The molecule has 1 saturated heterocycles. The lowest BCUT2D eigenvalue weighted by Gasteiger charge is -2.37. The largest absolute Gasteiger partial charge is 0.397 e. The molecule has 0 amide bonds. The lowest BCUT2D eigenvalue weighted by Crippen LogP contribution is -2.58. The molecule has 10 nitrogen and oxygen atoms in total. The maximum atomic E-state index is 10.2. The van der Waals surface area contributed by atoms with Crippen LogP contribution in [0.2, 0.25) is 0 Å². The van der Waals surface area contributed by atoms with Gasteiger partial charge in [0.15, 0.2) is 0 Å². The number of nitrogens with zero attached hydrogens (tertiary/aromatic N) is 2. The number of nitrogens with one attached hydrogen (secondary N) is 1. The van der Waals surface area contributed by atoms with Crippen molar-refractivity contribution in [2.75, 3.05) is 11.6 Å². The van der Waals surface area contributed by atoms with E-state index in [1.165, 1.54) is 5.01 Å². The summed E-state index contributed by atoms with van der Waals surface area (Å²) in [6.45, 7) is -0.527. The van der Waals surface area contributed by atoms with Crippen molar-refractivity contribution in [2.45, 2.75) is 30.5 Å². The van der Waals surface area contributed by atoms with E-state index in [0.717, 1.165) is 10.9 Å². The number of aliphatic hydroxyl groups is 4. The number of fused-ring (bicyclic) bond motifs is 1. The van der Waals surface area contributed by atoms with Crippen LogP contribution in [-0.4, -0.2) is 67.8 Å². The molecule has 0 radical (unpaired) electrons. The Morgan fingerprint density at radius 3 is 2.64 bits per heavy atom. The molecule has 2 aromatic carbocycles. The molecule has 3 aromatic rings. The number of hydrogen-bond donors (Lipinski definition) is 7. The third kappa shape index (κ3) is 4.69. The first-order chi connectivity index (χ1) is 15.9. The zero-order valence-corrected chi connectivity index (χ0v) is 17.5. The van der Waals surface area contributed by atoms with Gasteiger partial charge in [-0.2, -0.15) is 5.10 Å². The first-order valence-corrected chi connectivity index (χ1v) is 10.2. The van der Waals surface area contributed by atoms with Crippen molar-refractivity contribution in [1.82, 2.24) is 10.2 Å².